The summed E-state index contributed by atoms with van der Waals surface area (Å²) in [5.74, 6) is 0.655. The zero-order valence-corrected chi connectivity index (χ0v) is 18.0. The Morgan fingerprint density at radius 3 is 2.40 bits per heavy atom. The van der Waals surface area contributed by atoms with Crippen LogP contribution in [0.3, 0.4) is 0 Å². The van der Waals surface area contributed by atoms with Crippen molar-refractivity contribution in [3.8, 4) is 0 Å². The molecule has 0 heterocycles. The third-order valence-electron chi connectivity index (χ3n) is 5.26. The van der Waals surface area contributed by atoms with Crippen LogP contribution >= 0.6 is 0 Å². The molecule has 2 atom stereocenters. The first-order valence-electron chi connectivity index (χ1n) is 10.7. The Bertz CT molecular complexity index is 871. The molecule has 2 aromatic carbocycles. The number of rotatable bonds is 9. The molecule has 0 aliphatic heterocycles. The molecule has 1 fully saturated rings. The summed E-state index contributed by atoms with van der Waals surface area (Å²) in [5.41, 5.74) is 3.38. The first kappa shape index (κ1) is 21.6. The molecule has 0 radical (unpaired) electrons. The number of carbonyl (C=O) groups excluding carboxylic acids is 1. The van der Waals surface area contributed by atoms with Gasteiger partial charge in [-0.1, -0.05) is 42.5 Å². The van der Waals surface area contributed by atoms with Gasteiger partial charge in [-0.25, -0.2) is 4.99 Å². The molecule has 0 bridgehead atoms. The highest BCUT2D eigenvalue weighted by molar-refractivity contribution is 5.86. The van der Waals surface area contributed by atoms with Crippen molar-refractivity contribution in [2.24, 2.45) is 4.99 Å². The Kier molecular flexibility index (Phi) is 7.66. The molecule has 5 nitrogen and oxygen atoms in total. The number of benzene rings is 2. The number of anilines is 1. The molecule has 3 rings (SSSR count). The molecule has 30 heavy (non-hydrogen) atoms. The average Bonchev–Trinajstić information content (AvgIpc) is 3.55. The second kappa shape index (κ2) is 10.6. The standard InChI is InChI=1S/C25H31N3O2/c1-4-26-25(27-24-17-23(24)20-10-8-7-9-11-20)30-22(18-29)16-19-12-14-21(15-13-19)28(5-2)6-3/h7-16,18,23-24H,4-6,17H2,1-3H3,(H,26,27)/b22-16+. The number of carbonyl (C=O) groups is 1. The maximum atomic E-state index is 11.6. The van der Waals surface area contributed by atoms with Gasteiger partial charge < -0.3 is 15.0 Å². The lowest BCUT2D eigenvalue weighted by Gasteiger charge is -2.20. The molecule has 1 saturated carbocycles. The molecule has 0 spiro atoms. The molecule has 1 aliphatic rings. The zero-order valence-electron chi connectivity index (χ0n) is 18.0. The number of allylic oxidation sites excluding steroid dienone is 1. The van der Waals surface area contributed by atoms with E-state index in [0.717, 1.165) is 31.4 Å². The van der Waals surface area contributed by atoms with Crippen molar-refractivity contribution in [1.29, 1.82) is 0 Å². The normalized spacial score (nSPS) is 18.6. The van der Waals surface area contributed by atoms with Gasteiger partial charge in [0.05, 0.1) is 6.04 Å². The number of hydrogen-bond acceptors (Lipinski definition) is 4. The molecule has 0 amide bonds. The quantitative estimate of drug-likeness (QED) is 0.218. The summed E-state index contributed by atoms with van der Waals surface area (Å²) >= 11 is 0. The molecule has 2 aromatic rings. The van der Waals surface area contributed by atoms with Crippen molar-refractivity contribution in [2.75, 3.05) is 24.5 Å². The van der Waals surface area contributed by atoms with Crippen LogP contribution in [0.2, 0.25) is 0 Å². The molecule has 1 aliphatic carbocycles. The SMILES string of the molecule is CCN/C(=N\C1CC1c1ccccc1)O/C(C=O)=C/c1ccc(N(CC)CC)cc1. The van der Waals surface area contributed by atoms with Crippen LogP contribution in [0, 0.1) is 0 Å². The summed E-state index contributed by atoms with van der Waals surface area (Å²) in [6.45, 7) is 8.85. The maximum absolute atomic E-state index is 11.6. The lowest BCUT2D eigenvalue weighted by molar-refractivity contribution is -0.106. The van der Waals surface area contributed by atoms with Crippen LogP contribution in [0.1, 0.15) is 44.2 Å². The summed E-state index contributed by atoms with van der Waals surface area (Å²) < 4.78 is 5.82. The third-order valence-corrected chi connectivity index (χ3v) is 5.26. The summed E-state index contributed by atoms with van der Waals surface area (Å²) in [7, 11) is 0. The first-order chi connectivity index (χ1) is 14.7. The van der Waals surface area contributed by atoms with Gasteiger partial charge >= 0.3 is 0 Å². The first-order valence-corrected chi connectivity index (χ1v) is 10.7. The zero-order chi connectivity index (χ0) is 21.3. The highest BCUT2D eigenvalue weighted by Gasteiger charge is 2.38. The van der Waals surface area contributed by atoms with Gasteiger partial charge in [0.25, 0.3) is 6.02 Å². The maximum Gasteiger partial charge on any atom is 0.290 e. The van der Waals surface area contributed by atoms with E-state index in [9.17, 15) is 4.79 Å². The van der Waals surface area contributed by atoms with Crippen LogP contribution in [0.25, 0.3) is 6.08 Å². The fourth-order valence-electron chi connectivity index (χ4n) is 3.53. The lowest BCUT2D eigenvalue weighted by Crippen LogP contribution is -2.26. The molecule has 0 saturated heterocycles. The van der Waals surface area contributed by atoms with Gasteiger partial charge in [0.1, 0.15) is 0 Å². The molecule has 5 heteroatoms. The van der Waals surface area contributed by atoms with Crippen molar-refractivity contribution in [2.45, 2.75) is 39.2 Å². The van der Waals surface area contributed by atoms with Crippen molar-refractivity contribution in [1.82, 2.24) is 5.32 Å². The van der Waals surface area contributed by atoms with E-state index in [0.29, 0.717) is 18.5 Å². The predicted octanol–water partition coefficient (Wildman–Crippen LogP) is 4.61. The number of nitrogens with zero attached hydrogens (tertiary/aromatic N) is 2. The van der Waals surface area contributed by atoms with E-state index < -0.39 is 0 Å². The largest absolute Gasteiger partial charge is 0.423 e. The van der Waals surface area contributed by atoms with Crippen LogP contribution in [0.4, 0.5) is 5.69 Å². The van der Waals surface area contributed by atoms with Gasteiger partial charge in [-0.05, 0) is 56.5 Å². The topological polar surface area (TPSA) is 53.9 Å². The summed E-state index contributed by atoms with van der Waals surface area (Å²) in [5, 5.41) is 3.14. The van der Waals surface area contributed by atoms with Crippen molar-refractivity contribution in [3.63, 3.8) is 0 Å². The average molecular weight is 406 g/mol. The predicted molar refractivity (Wildman–Crippen MR) is 124 cm³/mol. The Labute approximate surface area is 179 Å². The van der Waals surface area contributed by atoms with Crippen LogP contribution in [0.5, 0.6) is 0 Å². The summed E-state index contributed by atoms with van der Waals surface area (Å²) in [6.07, 6.45) is 3.47. The van der Waals surface area contributed by atoms with Crippen LogP contribution in [-0.2, 0) is 9.53 Å². The molecular formula is C25H31N3O2. The minimum Gasteiger partial charge on any atom is -0.423 e. The lowest BCUT2D eigenvalue weighted by atomic mass is 10.1. The molecule has 158 valence electrons. The van der Waals surface area contributed by atoms with Crippen LogP contribution in [-0.4, -0.2) is 38.0 Å². The smallest absolute Gasteiger partial charge is 0.290 e. The van der Waals surface area contributed by atoms with Gasteiger partial charge in [-0.3, -0.25) is 4.79 Å². The number of aldehydes is 1. The van der Waals surface area contributed by atoms with E-state index in [1.807, 2.05) is 25.1 Å². The Morgan fingerprint density at radius 2 is 1.80 bits per heavy atom. The molecule has 2 unspecified atom stereocenters. The van der Waals surface area contributed by atoms with Gasteiger partial charge in [0, 0.05) is 31.2 Å². The van der Waals surface area contributed by atoms with Crippen molar-refractivity contribution in [3.05, 3.63) is 71.5 Å². The van der Waals surface area contributed by atoms with Crippen LogP contribution in [0.15, 0.2) is 65.3 Å². The summed E-state index contributed by atoms with van der Waals surface area (Å²) in [6, 6.07) is 19.1. The highest BCUT2D eigenvalue weighted by atomic mass is 16.5. The fourth-order valence-corrected chi connectivity index (χ4v) is 3.53. The van der Waals surface area contributed by atoms with E-state index in [2.05, 4.69) is 60.5 Å². The Hall–Kier alpha value is -3.08. The van der Waals surface area contributed by atoms with Crippen LogP contribution < -0.4 is 10.2 Å². The van der Waals surface area contributed by atoms with Crippen molar-refractivity contribution >= 4 is 24.1 Å². The number of amidine groups is 1. The molecule has 0 aromatic heterocycles. The molecule has 1 N–H and O–H groups in total. The monoisotopic (exact) mass is 405 g/mol. The van der Waals surface area contributed by atoms with E-state index >= 15 is 0 Å². The van der Waals surface area contributed by atoms with Gasteiger partial charge in [0.2, 0.25) is 0 Å². The minimum atomic E-state index is 0.183. The van der Waals surface area contributed by atoms with Gasteiger partial charge in [-0.2, -0.15) is 0 Å². The minimum absolute atomic E-state index is 0.183. The number of hydrogen-bond donors (Lipinski definition) is 1. The fraction of sp³-hybridized carbons (Fsp3) is 0.360. The summed E-state index contributed by atoms with van der Waals surface area (Å²) in [4.78, 5) is 18.6. The highest BCUT2D eigenvalue weighted by Crippen LogP contribution is 2.43. The Balaban J connectivity index is 1.69. The van der Waals surface area contributed by atoms with E-state index in [4.69, 9.17) is 9.73 Å². The van der Waals surface area contributed by atoms with E-state index in [1.54, 1.807) is 6.08 Å². The number of nitrogens with one attached hydrogen (secondary N) is 1. The third kappa shape index (κ3) is 5.72. The van der Waals surface area contributed by atoms with Gasteiger partial charge in [-0.15, -0.1) is 0 Å². The van der Waals surface area contributed by atoms with Crippen molar-refractivity contribution < 1.29 is 9.53 Å². The molecular weight excluding hydrogens is 374 g/mol. The number of aliphatic imine (C=N–C) groups is 1. The van der Waals surface area contributed by atoms with Gasteiger partial charge in [0.15, 0.2) is 12.0 Å². The second-order valence-corrected chi connectivity index (χ2v) is 7.32. The Morgan fingerprint density at radius 1 is 1.10 bits per heavy atom. The second-order valence-electron chi connectivity index (χ2n) is 7.32. The van der Waals surface area contributed by atoms with E-state index in [1.165, 1.54) is 11.3 Å². The van der Waals surface area contributed by atoms with E-state index in [-0.39, 0.29) is 11.8 Å². The number of ether oxygens (including phenoxy) is 1.